The van der Waals surface area contributed by atoms with Crippen molar-refractivity contribution in [3.05, 3.63) is 144 Å². The quantitative estimate of drug-likeness (QED) is 0.0783. The van der Waals surface area contributed by atoms with Crippen molar-refractivity contribution in [2.24, 2.45) is 23.7 Å². The standard InChI is InChI=1S/2C28H40N2O2/c2*1-3-8-25(9-4-1)22-27(12-7-13-29-14-18-31-19-15-29)28(23-26-10-5-2-6-11-26)24-30-16-20-32-21-17-30/h2*1-6,8-11,27-28H,7,12-24H2/t2*27-,28+/m10/s1. The molecule has 4 aliphatic rings. The molecule has 4 atom stereocenters. The van der Waals surface area contributed by atoms with E-state index in [0.717, 1.165) is 118 Å². The van der Waals surface area contributed by atoms with E-state index in [4.69, 9.17) is 18.9 Å². The van der Waals surface area contributed by atoms with Gasteiger partial charge >= 0.3 is 0 Å². The second-order valence-electron chi connectivity index (χ2n) is 18.8. The summed E-state index contributed by atoms with van der Waals surface area (Å²) in [5.74, 6) is 2.67. The Labute approximate surface area is 387 Å². The summed E-state index contributed by atoms with van der Waals surface area (Å²) in [4.78, 5) is 10.4. The first-order valence-electron chi connectivity index (χ1n) is 25.1. The lowest BCUT2D eigenvalue weighted by atomic mass is 9.79. The molecule has 4 heterocycles. The topological polar surface area (TPSA) is 49.9 Å². The summed E-state index contributed by atoms with van der Waals surface area (Å²) in [6.07, 6.45) is 9.78. The molecule has 4 aromatic carbocycles. The van der Waals surface area contributed by atoms with Crippen LogP contribution in [0.4, 0.5) is 0 Å². The van der Waals surface area contributed by atoms with E-state index in [1.807, 2.05) is 0 Å². The van der Waals surface area contributed by atoms with Crippen molar-refractivity contribution in [2.75, 3.05) is 131 Å². The summed E-state index contributed by atoms with van der Waals surface area (Å²) in [6, 6.07) is 44.5. The maximum atomic E-state index is 5.63. The van der Waals surface area contributed by atoms with Crippen LogP contribution in [0.25, 0.3) is 0 Å². The average Bonchev–Trinajstić information content (AvgIpc) is 3.36. The first kappa shape index (κ1) is 48.5. The van der Waals surface area contributed by atoms with E-state index in [1.54, 1.807) is 0 Å². The molecular formula is C56H80N4O4. The third-order valence-corrected chi connectivity index (χ3v) is 14.2. The minimum absolute atomic E-state index is 0.653. The van der Waals surface area contributed by atoms with Gasteiger partial charge in [0.2, 0.25) is 0 Å². The van der Waals surface area contributed by atoms with Gasteiger partial charge in [0.25, 0.3) is 0 Å². The number of hydrogen-bond acceptors (Lipinski definition) is 8. The van der Waals surface area contributed by atoms with Crippen LogP contribution in [0.2, 0.25) is 0 Å². The highest BCUT2D eigenvalue weighted by atomic mass is 16.5. The van der Waals surface area contributed by atoms with Crippen LogP contribution in [0.5, 0.6) is 0 Å². The number of benzene rings is 4. The number of rotatable bonds is 22. The smallest absolute Gasteiger partial charge is 0.0594 e. The second-order valence-corrected chi connectivity index (χ2v) is 18.8. The molecule has 8 nitrogen and oxygen atoms in total. The molecule has 4 saturated heterocycles. The normalized spacial score (nSPS) is 20.1. The second kappa shape index (κ2) is 28.6. The Morgan fingerprint density at radius 3 is 0.844 bits per heavy atom. The number of nitrogens with zero attached hydrogens (tertiary/aromatic N) is 4. The fraction of sp³-hybridized carbons (Fsp3) is 0.571. The van der Waals surface area contributed by atoms with E-state index in [1.165, 1.54) is 87.0 Å². The fourth-order valence-corrected chi connectivity index (χ4v) is 10.5. The van der Waals surface area contributed by atoms with Crippen molar-refractivity contribution in [2.45, 2.75) is 51.4 Å². The van der Waals surface area contributed by atoms with Gasteiger partial charge in [-0.3, -0.25) is 19.6 Å². The Bertz CT molecular complexity index is 1620. The molecule has 4 aromatic rings. The molecule has 0 aliphatic carbocycles. The van der Waals surface area contributed by atoms with Gasteiger partial charge in [-0.25, -0.2) is 0 Å². The zero-order valence-electron chi connectivity index (χ0n) is 39.1. The first-order chi connectivity index (χ1) is 31.7. The van der Waals surface area contributed by atoms with Crippen LogP contribution in [0.3, 0.4) is 0 Å². The van der Waals surface area contributed by atoms with Gasteiger partial charge in [0.05, 0.1) is 52.9 Å². The zero-order chi connectivity index (χ0) is 43.7. The van der Waals surface area contributed by atoms with E-state index >= 15 is 0 Å². The summed E-state index contributed by atoms with van der Waals surface area (Å²) in [6.45, 7) is 20.4. The molecule has 64 heavy (non-hydrogen) atoms. The van der Waals surface area contributed by atoms with Crippen molar-refractivity contribution >= 4 is 0 Å². The SMILES string of the molecule is c1ccc(C[C@@H](CCCN2CCOCC2)[C@@H](Cc2ccccc2)CN2CCOCC2)cc1.c1ccc(C[C@H](CN2CCOCC2)[C@@H](CCCN2CCOCC2)Cc2ccccc2)cc1. The lowest BCUT2D eigenvalue weighted by Crippen LogP contribution is -2.42. The van der Waals surface area contributed by atoms with Crippen LogP contribution in [-0.4, -0.2) is 151 Å². The van der Waals surface area contributed by atoms with Crippen molar-refractivity contribution in [3.63, 3.8) is 0 Å². The van der Waals surface area contributed by atoms with Crippen LogP contribution in [0, 0.1) is 23.7 Å². The lowest BCUT2D eigenvalue weighted by molar-refractivity contribution is 0.0236. The predicted molar refractivity (Wildman–Crippen MR) is 262 cm³/mol. The third-order valence-electron chi connectivity index (χ3n) is 14.2. The van der Waals surface area contributed by atoms with Gasteiger partial charge in [-0.2, -0.15) is 0 Å². The molecule has 0 saturated carbocycles. The molecular weight excluding hydrogens is 793 g/mol. The van der Waals surface area contributed by atoms with E-state index in [9.17, 15) is 0 Å². The average molecular weight is 873 g/mol. The van der Waals surface area contributed by atoms with Crippen molar-refractivity contribution < 1.29 is 18.9 Å². The maximum absolute atomic E-state index is 5.63. The Morgan fingerprint density at radius 2 is 0.562 bits per heavy atom. The number of ether oxygens (including phenoxy) is 4. The molecule has 8 heteroatoms. The first-order valence-corrected chi connectivity index (χ1v) is 25.1. The number of morpholine rings is 4. The Kier molecular flexibility index (Phi) is 21.6. The maximum Gasteiger partial charge on any atom is 0.0594 e. The highest BCUT2D eigenvalue weighted by Crippen LogP contribution is 2.30. The minimum atomic E-state index is 0.653. The molecule has 0 N–H and O–H groups in total. The Hall–Kier alpha value is -3.44. The van der Waals surface area contributed by atoms with Crippen molar-refractivity contribution in [1.29, 1.82) is 0 Å². The van der Waals surface area contributed by atoms with Gasteiger partial charge in [-0.05, 0) is 110 Å². The van der Waals surface area contributed by atoms with E-state index in [0.29, 0.717) is 23.7 Å². The van der Waals surface area contributed by atoms with E-state index in [-0.39, 0.29) is 0 Å². The third kappa shape index (κ3) is 17.7. The summed E-state index contributed by atoms with van der Waals surface area (Å²) < 4.78 is 22.3. The van der Waals surface area contributed by atoms with Gasteiger partial charge < -0.3 is 18.9 Å². The van der Waals surface area contributed by atoms with Crippen LogP contribution < -0.4 is 0 Å². The summed E-state index contributed by atoms with van der Waals surface area (Å²) >= 11 is 0. The molecule has 4 fully saturated rings. The molecule has 0 radical (unpaired) electrons. The molecule has 0 amide bonds. The van der Waals surface area contributed by atoms with Crippen LogP contribution in [0.1, 0.15) is 47.9 Å². The number of hydrogen-bond donors (Lipinski definition) is 0. The van der Waals surface area contributed by atoms with Gasteiger partial charge in [-0.1, -0.05) is 121 Å². The molecule has 0 spiro atoms. The van der Waals surface area contributed by atoms with E-state index in [2.05, 4.69) is 141 Å². The lowest BCUT2D eigenvalue weighted by Gasteiger charge is -2.35. The molecule has 0 aromatic heterocycles. The largest absolute Gasteiger partial charge is 0.379 e. The highest BCUT2D eigenvalue weighted by molar-refractivity contribution is 5.19. The minimum Gasteiger partial charge on any atom is -0.379 e. The van der Waals surface area contributed by atoms with Gasteiger partial charge in [0, 0.05) is 65.4 Å². The molecule has 0 bridgehead atoms. The van der Waals surface area contributed by atoms with Gasteiger partial charge in [0.15, 0.2) is 0 Å². The fourth-order valence-electron chi connectivity index (χ4n) is 10.5. The Morgan fingerprint density at radius 1 is 0.312 bits per heavy atom. The molecule has 0 unspecified atom stereocenters. The summed E-state index contributed by atoms with van der Waals surface area (Å²) in [7, 11) is 0. The van der Waals surface area contributed by atoms with Gasteiger partial charge in [-0.15, -0.1) is 0 Å². The van der Waals surface area contributed by atoms with Gasteiger partial charge in [0.1, 0.15) is 0 Å². The zero-order valence-corrected chi connectivity index (χ0v) is 39.1. The molecule has 4 aliphatic heterocycles. The van der Waals surface area contributed by atoms with Crippen LogP contribution in [-0.2, 0) is 44.6 Å². The predicted octanol–water partition coefficient (Wildman–Crippen LogP) is 8.30. The van der Waals surface area contributed by atoms with Crippen LogP contribution >= 0.6 is 0 Å². The van der Waals surface area contributed by atoms with Crippen molar-refractivity contribution in [1.82, 2.24) is 19.6 Å². The molecule has 8 rings (SSSR count). The summed E-state index contributed by atoms with van der Waals surface area (Å²) in [5.41, 5.74) is 5.89. The molecule has 348 valence electrons. The Balaban J connectivity index is 0.000000191. The highest BCUT2D eigenvalue weighted by Gasteiger charge is 2.28. The van der Waals surface area contributed by atoms with Crippen molar-refractivity contribution in [3.8, 4) is 0 Å². The monoisotopic (exact) mass is 873 g/mol. The van der Waals surface area contributed by atoms with E-state index < -0.39 is 0 Å². The van der Waals surface area contributed by atoms with Crippen LogP contribution in [0.15, 0.2) is 121 Å². The summed E-state index contributed by atoms with van der Waals surface area (Å²) in [5, 5.41) is 0.